The topological polar surface area (TPSA) is 15.5 Å². The van der Waals surface area contributed by atoms with Crippen LogP contribution in [-0.4, -0.2) is 0 Å². The van der Waals surface area contributed by atoms with Gasteiger partial charge in [-0.2, -0.15) is 0 Å². The Morgan fingerprint density at radius 2 is 0.525 bits per heavy atom. The highest BCUT2D eigenvalue weighted by atomic mass is 14.9. The van der Waals surface area contributed by atoms with Crippen LogP contribution in [0.25, 0.3) is 89.5 Å². The molecule has 0 aliphatic carbocycles. The molecular formula is C116H152N4+4. The van der Waals surface area contributed by atoms with Gasteiger partial charge in [-0.1, -0.05) is 287 Å². The Hall–Kier alpha value is -9.64. The zero-order chi connectivity index (χ0) is 106. The Balaban J connectivity index is 0.000000210. The molecule has 0 radical (unpaired) electrons. The molecule has 8 aromatic carbocycles. The first-order chi connectivity index (χ1) is 63.4. The number of rotatable bonds is 12. The predicted molar refractivity (Wildman–Crippen MR) is 519 cm³/mol. The van der Waals surface area contributed by atoms with E-state index >= 15 is 0 Å². The Bertz CT molecular complexity index is 6540. The highest BCUT2D eigenvalue weighted by Gasteiger charge is 2.30. The molecule has 0 bridgehead atoms. The number of aryl methyl sites for hydroxylation is 12. The fourth-order valence-electron chi connectivity index (χ4n) is 15.8. The summed E-state index contributed by atoms with van der Waals surface area (Å²) in [5.41, 5.74) is 21.3. The summed E-state index contributed by atoms with van der Waals surface area (Å²) in [4.78, 5) is 0. The van der Waals surface area contributed by atoms with Crippen molar-refractivity contribution in [3.63, 3.8) is 0 Å². The van der Waals surface area contributed by atoms with Crippen LogP contribution in [0.3, 0.4) is 0 Å². The molecule has 120 heavy (non-hydrogen) atoms. The van der Waals surface area contributed by atoms with Crippen molar-refractivity contribution in [3.8, 4) is 89.5 Å². The number of pyridine rings is 4. The Kier molecular flexibility index (Phi) is 21.2. The van der Waals surface area contributed by atoms with E-state index in [-0.39, 0.29) is 27.2 Å². The first-order valence-corrected chi connectivity index (χ1v) is 42.4. The van der Waals surface area contributed by atoms with Gasteiger partial charge in [-0.05, 0) is 283 Å². The molecular weight excluding hydrogens is 1450 g/mol. The summed E-state index contributed by atoms with van der Waals surface area (Å²) in [6, 6.07) is 62.5. The Morgan fingerprint density at radius 1 is 0.233 bits per heavy atom. The molecule has 0 amide bonds. The molecule has 0 atom stereocenters. The summed E-state index contributed by atoms with van der Waals surface area (Å²) >= 11 is 0. The fourth-order valence-corrected chi connectivity index (χ4v) is 15.8. The lowest BCUT2D eigenvalue weighted by atomic mass is 9.80. The SMILES string of the molecule is [2H]C([2H])([2H])c1cc(C)c(-c2cc(C([2H])([2H])C(C)(C)C)c(C([2H])([2H])C(C)(C)C)c[n+]2C)cc1-c1ccccc1C(C)(C)C.[2H]C([2H])([2H])c1cc(C)c(-c2cc(C([2H])([2H])C(C)(C)C)cc[n+]2C)cc1-c1ccccc1C(C)(C)C.[2H]C([2H])([2H])c1cc(C)c(-c2ccc(C([2H])([2H])C(C)(C)C)c[n+]2C)cc1-c1ccccc1C(C)(C)C.[2H]C([2H])([2H])c1cc(C)c(-c2cccc[n+]2C)cc1-c1ccccc1C(C)(C)C. The van der Waals surface area contributed by atoms with Gasteiger partial charge in [-0.15, -0.1) is 0 Å². The van der Waals surface area contributed by atoms with Gasteiger partial charge in [-0.3, -0.25) is 0 Å². The minimum absolute atomic E-state index is 0.0922. The first-order valence-electron chi connectivity index (χ1n) is 52.4. The fraction of sp³-hybridized carbons (Fsp3) is 0.414. The second-order valence-corrected chi connectivity index (χ2v) is 41.2. The molecule has 0 fully saturated rings. The van der Waals surface area contributed by atoms with Gasteiger partial charge < -0.3 is 0 Å². The summed E-state index contributed by atoms with van der Waals surface area (Å²) in [6.07, 6.45) is 0.736. The standard InChI is InChI=1S/C34H48N.2C29H38N.C24H28N/c1-23-17-24(2)29(19-28(23)27-15-13-14-16-30(27)34(9,10)11)31-18-25(20-32(3,4)5)26(22-35(31)12)21-33(6,7)8;1-20-16-21(2)25(27-15-14-22(19-30(27)9)18-28(3,4)5)17-24(20)23-12-10-11-13-26(23)29(6,7)8;1-20-16-21(2)25(27-17-22(14-15-30(27)9)19-28(3,4)5)18-24(20)23-12-10-11-13-26(23)29(6,7)8;1-17-15-18(2)21(23-13-9-10-14-25(23)6)16-20(17)19-11-7-8-12-22(19)24(3,4)5/h13-19,22H,20-21H2,1-12H3;10-17,19H,18H2,1-9H3;10-18H,19H2,1-9H3;7-16H,1-6H3/q4*+1/i1D3,20D2,21D2;1D3,18D2;1D3,19D2;1D3. The van der Waals surface area contributed by atoms with Crippen molar-refractivity contribution in [1.29, 1.82) is 0 Å². The summed E-state index contributed by atoms with van der Waals surface area (Å²) in [5.74, 6) is 0. The first kappa shape index (κ1) is 68.9. The molecule has 12 rings (SSSR count). The number of benzene rings is 8. The maximum atomic E-state index is 9.23. The van der Waals surface area contributed by atoms with Gasteiger partial charge in [0.15, 0.2) is 24.8 Å². The number of aromatic nitrogens is 4. The lowest BCUT2D eigenvalue weighted by Crippen LogP contribution is -2.33. The van der Waals surface area contributed by atoms with Gasteiger partial charge in [0.05, 0.1) is 0 Å². The van der Waals surface area contributed by atoms with Crippen LogP contribution >= 0.6 is 0 Å². The summed E-state index contributed by atoms with van der Waals surface area (Å²) in [6.45, 7) is 46.7. The molecule has 4 heterocycles. The van der Waals surface area contributed by atoms with Crippen molar-refractivity contribution in [2.24, 2.45) is 49.9 Å². The molecule has 12 aromatic rings. The van der Waals surface area contributed by atoms with Crippen LogP contribution in [0.5, 0.6) is 0 Å². The Morgan fingerprint density at radius 3 is 0.850 bits per heavy atom. The van der Waals surface area contributed by atoms with Gasteiger partial charge in [-0.25, -0.2) is 18.3 Å². The van der Waals surface area contributed by atoms with E-state index in [2.05, 4.69) is 118 Å². The zero-order valence-electron chi connectivity index (χ0n) is 98.6. The predicted octanol–water partition coefficient (Wildman–Crippen LogP) is 29.4. The number of hydrogen-bond acceptors (Lipinski definition) is 0. The highest BCUT2D eigenvalue weighted by Crippen LogP contribution is 2.44. The van der Waals surface area contributed by atoms with Gasteiger partial charge in [0.2, 0.25) is 22.8 Å². The van der Waals surface area contributed by atoms with E-state index in [1.54, 1.807) is 30.5 Å². The van der Waals surface area contributed by atoms with Gasteiger partial charge in [0.25, 0.3) is 0 Å². The van der Waals surface area contributed by atoms with E-state index in [9.17, 15) is 2.74 Å². The molecule has 0 aliphatic rings. The van der Waals surface area contributed by atoms with Crippen molar-refractivity contribution < 1.29 is 45.7 Å². The molecule has 632 valence electrons. The van der Waals surface area contributed by atoms with Crippen LogP contribution < -0.4 is 18.3 Å². The van der Waals surface area contributed by atoms with E-state index in [0.29, 0.717) is 61.3 Å². The molecule has 4 nitrogen and oxygen atoms in total. The largest absolute Gasteiger partial charge is 0.212 e. The van der Waals surface area contributed by atoms with Crippen LogP contribution in [0.4, 0.5) is 0 Å². The lowest BCUT2D eigenvalue weighted by Gasteiger charge is -2.25. The van der Waals surface area contributed by atoms with Crippen molar-refractivity contribution in [3.05, 3.63) is 308 Å². The lowest BCUT2D eigenvalue weighted by molar-refractivity contribution is -0.661. The molecule has 0 N–H and O–H groups in total. The summed E-state index contributed by atoms with van der Waals surface area (Å²) < 4.78 is 178. The average Bonchev–Trinajstić information content (AvgIpc) is 0.724. The van der Waals surface area contributed by atoms with E-state index in [1.165, 1.54) is 0 Å². The van der Waals surface area contributed by atoms with E-state index < -0.39 is 74.6 Å². The third kappa shape index (κ3) is 24.2. The van der Waals surface area contributed by atoms with E-state index in [4.69, 9.17) is 24.7 Å². The van der Waals surface area contributed by atoms with Crippen molar-refractivity contribution in [2.45, 2.75) is 268 Å². The molecule has 0 aliphatic heterocycles. The quantitative estimate of drug-likeness (QED) is 0.108. The van der Waals surface area contributed by atoms with E-state index in [0.717, 1.165) is 112 Å². The average molecular weight is 1620 g/mol. The monoisotopic (exact) mass is 1620 g/mol. The molecule has 0 saturated carbocycles. The summed E-state index contributed by atoms with van der Waals surface area (Å²) in [7, 11) is 7.70. The summed E-state index contributed by atoms with van der Waals surface area (Å²) in [5, 5.41) is 0. The molecule has 0 spiro atoms. The van der Waals surface area contributed by atoms with Gasteiger partial charge in [0, 0.05) is 97.2 Å². The minimum Gasteiger partial charge on any atom is -0.201 e. The molecule has 0 saturated heterocycles. The smallest absolute Gasteiger partial charge is 0.201 e. The molecule has 4 aromatic heterocycles. The number of hydrogen-bond donors (Lipinski definition) is 0. The van der Waals surface area contributed by atoms with Gasteiger partial charge >= 0.3 is 0 Å². The van der Waals surface area contributed by atoms with Crippen molar-refractivity contribution >= 4 is 0 Å². The normalized spacial score (nSPS) is 15.7. The zero-order valence-corrected chi connectivity index (χ0v) is 78.6. The maximum Gasteiger partial charge on any atom is 0.212 e. The van der Waals surface area contributed by atoms with Crippen molar-refractivity contribution in [2.75, 3.05) is 0 Å². The maximum absolute atomic E-state index is 9.23. The van der Waals surface area contributed by atoms with Crippen LogP contribution in [-0.2, 0) is 75.3 Å². The number of nitrogens with zero attached hydrogens (tertiary/aromatic N) is 4. The van der Waals surface area contributed by atoms with Crippen molar-refractivity contribution in [1.82, 2.24) is 0 Å². The van der Waals surface area contributed by atoms with Crippen LogP contribution in [0.15, 0.2) is 219 Å². The van der Waals surface area contributed by atoms with Gasteiger partial charge in [0.1, 0.15) is 28.2 Å². The second-order valence-electron chi connectivity index (χ2n) is 41.2. The third-order valence-corrected chi connectivity index (χ3v) is 21.3. The van der Waals surface area contributed by atoms with Crippen LogP contribution in [0.2, 0.25) is 0 Å². The molecule has 0 unspecified atom stereocenters. The van der Waals surface area contributed by atoms with Crippen LogP contribution in [0.1, 0.15) is 283 Å². The van der Waals surface area contributed by atoms with E-state index in [1.807, 2.05) is 311 Å². The van der Waals surface area contributed by atoms with Crippen LogP contribution in [0, 0.1) is 76.8 Å². The Labute approximate surface area is 757 Å². The second kappa shape index (κ2) is 37.0. The third-order valence-electron chi connectivity index (χ3n) is 21.3. The molecule has 4 heteroatoms. The highest BCUT2D eigenvalue weighted by molar-refractivity contribution is 5.82. The minimum atomic E-state index is -2.34.